The van der Waals surface area contributed by atoms with E-state index in [1.165, 1.54) is 0 Å². The van der Waals surface area contributed by atoms with Crippen molar-refractivity contribution in [2.75, 3.05) is 11.9 Å². The number of halogens is 1. The van der Waals surface area contributed by atoms with Crippen LogP contribution < -0.4 is 4.90 Å². The second-order valence-corrected chi connectivity index (χ2v) is 7.19. The second kappa shape index (κ2) is 4.72. The topological polar surface area (TPSA) is 46.6 Å². The fraction of sp³-hybridized carbons (Fsp3) is 0.529. The van der Waals surface area contributed by atoms with Gasteiger partial charge in [-0.05, 0) is 43.4 Å². The molecule has 1 aliphatic heterocycles. The van der Waals surface area contributed by atoms with E-state index in [4.69, 9.17) is 16.3 Å². The summed E-state index contributed by atoms with van der Waals surface area (Å²) >= 11 is 6.06. The van der Waals surface area contributed by atoms with Crippen LogP contribution in [0.1, 0.15) is 18.4 Å². The number of carbonyl (C=O) groups is 2. The van der Waals surface area contributed by atoms with Gasteiger partial charge in [0.05, 0.1) is 11.8 Å². The summed E-state index contributed by atoms with van der Waals surface area (Å²) in [5, 5.41) is 0.605. The van der Waals surface area contributed by atoms with E-state index in [0.717, 1.165) is 24.1 Å². The Morgan fingerprint density at radius 1 is 1.36 bits per heavy atom. The van der Waals surface area contributed by atoms with Gasteiger partial charge in [-0.2, -0.15) is 0 Å². The molecule has 2 aliphatic carbocycles. The lowest BCUT2D eigenvalue weighted by atomic mass is 9.79. The number of amides is 1. The molecule has 2 saturated carbocycles. The van der Waals surface area contributed by atoms with E-state index in [9.17, 15) is 9.59 Å². The Labute approximate surface area is 134 Å². The van der Waals surface area contributed by atoms with Crippen molar-refractivity contribution in [1.29, 1.82) is 0 Å². The minimum absolute atomic E-state index is 0.0140. The molecule has 5 unspecified atom stereocenters. The summed E-state index contributed by atoms with van der Waals surface area (Å²) < 4.78 is 5.42. The standard InChI is InChI=1S/C17H18ClNO3/c1-8-3-4-10(18)7-12(8)19(2)16(20)14-9-5-11-13(6-9)22-17(21)15(11)14/h3-4,7,9,11,13-15H,5-6H2,1-2H3. The molecule has 0 aromatic heterocycles. The van der Waals surface area contributed by atoms with Gasteiger partial charge in [0.1, 0.15) is 6.10 Å². The van der Waals surface area contributed by atoms with Crippen LogP contribution in [0, 0.1) is 30.6 Å². The highest BCUT2D eigenvalue weighted by Crippen LogP contribution is 2.58. The van der Waals surface area contributed by atoms with Gasteiger partial charge in [0, 0.05) is 23.7 Å². The minimum Gasteiger partial charge on any atom is -0.462 e. The summed E-state index contributed by atoms with van der Waals surface area (Å²) in [6.07, 6.45) is 1.84. The molecule has 4 nitrogen and oxygen atoms in total. The molecule has 1 amide bonds. The molecule has 4 rings (SSSR count). The van der Waals surface area contributed by atoms with Crippen LogP contribution in [0.5, 0.6) is 0 Å². The van der Waals surface area contributed by atoms with Gasteiger partial charge in [-0.3, -0.25) is 9.59 Å². The monoisotopic (exact) mass is 319 g/mol. The fourth-order valence-corrected chi connectivity index (χ4v) is 4.79. The normalized spacial score (nSPS) is 34.9. The average molecular weight is 320 g/mol. The molecule has 0 spiro atoms. The highest BCUT2D eigenvalue weighted by atomic mass is 35.5. The minimum atomic E-state index is -0.238. The molecule has 5 atom stereocenters. The van der Waals surface area contributed by atoms with E-state index < -0.39 is 0 Å². The molecule has 22 heavy (non-hydrogen) atoms. The molecular formula is C17H18ClNO3. The van der Waals surface area contributed by atoms with Crippen LogP contribution in [0.15, 0.2) is 18.2 Å². The van der Waals surface area contributed by atoms with Gasteiger partial charge in [-0.25, -0.2) is 0 Å². The fourth-order valence-electron chi connectivity index (χ4n) is 4.63. The lowest BCUT2D eigenvalue weighted by Gasteiger charge is -2.29. The van der Waals surface area contributed by atoms with Gasteiger partial charge in [0.25, 0.3) is 0 Å². The van der Waals surface area contributed by atoms with Crippen LogP contribution in [-0.4, -0.2) is 25.0 Å². The Balaban J connectivity index is 1.65. The quantitative estimate of drug-likeness (QED) is 0.787. The summed E-state index contributed by atoms with van der Waals surface area (Å²) in [6, 6.07) is 5.52. The Bertz CT molecular complexity index is 672. The molecule has 1 aromatic rings. The molecule has 1 saturated heterocycles. The number of esters is 1. The molecule has 0 N–H and O–H groups in total. The van der Waals surface area contributed by atoms with Crippen molar-refractivity contribution < 1.29 is 14.3 Å². The van der Waals surface area contributed by atoms with Crippen LogP contribution in [0.4, 0.5) is 5.69 Å². The average Bonchev–Trinajstić information content (AvgIpc) is 3.09. The highest BCUT2D eigenvalue weighted by molar-refractivity contribution is 6.31. The van der Waals surface area contributed by atoms with Crippen LogP contribution >= 0.6 is 11.6 Å². The Hall–Kier alpha value is -1.55. The first-order valence-corrected chi connectivity index (χ1v) is 8.09. The first-order chi connectivity index (χ1) is 10.5. The highest BCUT2D eigenvalue weighted by Gasteiger charge is 2.64. The van der Waals surface area contributed by atoms with E-state index in [2.05, 4.69) is 0 Å². The molecule has 1 aromatic carbocycles. The maximum Gasteiger partial charge on any atom is 0.310 e. The first kappa shape index (κ1) is 14.1. The number of nitrogens with zero attached hydrogens (tertiary/aromatic N) is 1. The van der Waals surface area contributed by atoms with Crippen molar-refractivity contribution in [2.24, 2.45) is 23.7 Å². The summed E-state index contributed by atoms with van der Waals surface area (Å²) in [4.78, 5) is 26.7. The van der Waals surface area contributed by atoms with Gasteiger partial charge < -0.3 is 9.64 Å². The smallest absolute Gasteiger partial charge is 0.310 e. The molecule has 5 heteroatoms. The Morgan fingerprint density at radius 2 is 2.14 bits per heavy atom. The summed E-state index contributed by atoms with van der Waals surface area (Å²) in [5.41, 5.74) is 1.80. The first-order valence-electron chi connectivity index (χ1n) is 7.71. The third kappa shape index (κ3) is 1.83. The zero-order valence-electron chi connectivity index (χ0n) is 12.6. The summed E-state index contributed by atoms with van der Waals surface area (Å²) in [6.45, 7) is 1.95. The van der Waals surface area contributed by atoms with Crippen molar-refractivity contribution in [2.45, 2.75) is 25.9 Å². The number of rotatable bonds is 2. The van der Waals surface area contributed by atoms with Crippen LogP contribution in [-0.2, 0) is 14.3 Å². The summed E-state index contributed by atoms with van der Waals surface area (Å²) in [5.74, 6) is -0.108. The van der Waals surface area contributed by atoms with Gasteiger partial charge in [0.2, 0.25) is 5.91 Å². The van der Waals surface area contributed by atoms with Crippen molar-refractivity contribution in [3.63, 3.8) is 0 Å². The number of aryl methyl sites for hydroxylation is 1. The predicted octanol–water partition coefficient (Wildman–Crippen LogP) is 2.81. The van der Waals surface area contributed by atoms with Crippen molar-refractivity contribution >= 4 is 29.2 Å². The second-order valence-electron chi connectivity index (χ2n) is 6.75. The molecule has 116 valence electrons. The van der Waals surface area contributed by atoms with Crippen molar-refractivity contribution in [3.8, 4) is 0 Å². The Morgan fingerprint density at radius 3 is 2.91 bits per heavy atom. The van der Waals surface area contributed by atoms with Crippen molar-refractivity contribution in [1.82, 2.24) is 0 Å². The molecule has 1 heterocycles. The van der Waals surface area contributed by atoms with E-state index in [-0.39, 0.29) is 41.7 Å². The third-order valence-electron chi connectivity index (χ3n) is 5.63. The van der Waals surface area contributed by atoms with Crippen LogP contribution in [0.3, 0.4) is 0 Å². The molecule has 3 aliphatic rings. The number of fused-ring (bicyclic) bond motifs is 1. The molecule has 2 bridgehead atoms. The maximum atomic E-state index is 13.0. The largest absolute Gasteiger partial charge is 0.462 e. The lowest BCUT2D eigenvalue weighted by Crippen LogP contribution is -2.41. The maximum absolute atomic E-state index is 13.0. The number of anilines is 1. The third-order valence-corrected chi connectivity index (χ3v) is 5.87. The number of ether oxygens (including phenoxy) is 1. The molecule has 0 radical (unpaired) electrons. The zero-order valence-corrected chi connectivity index (χ0v) is 13.3. The Kier molecular flexibility index (Phi) is 3.02. The van der Waals surface area contributed by atoms with Gasteiger partial charge >= 0.3 is 5.97 Å². The number of carbonyl (C=O) groups excluding carboxylic acids is 2. The molecule has 3 fully saturated rings. The van der Waals surface area contributed by atoms with Gasteiger partial charge in [-0.1, -0.05) is 17.7 Å². The van der Waals surface area contributed by atoms with E-state index in [1.54, 1.807) is 18.0 Å². The van der Waals surface area contributed by atoms with Gasteiger partial charge in [0.15, 0.2) is 0 Å². The zero-order chi connectivity index (χ0) is 15.6. The SMILES string of the molecule is Cc1ccc(Cl)cc1N(C)C(=O)C1C2CC3OC(=O)C1C3C2. The number of benzene rings is 1. The lowest BCUT2D eigenvalue weighted by molar-refractivity contribution is -0.145. The summed E-state index contributed by atoms with van der Waals surface area (Å²) in [7, 11) is 1.77. The van der Waals surface area contributed by atoms with Crippen LogP contribution in [0.25, 0.3) is 0 Å². The van der Waals surface area contributed by atoms with E-state index >= 15 is 0 Å². The van der Waals surface area contributed by atoms with E-state index in [1.807, 2.05) is 19.1 Å². The number of hydrogen-bond donors (Lipinski definition) is 0. The van der Waals surface area contributed by atoms with Gasteiger partial charge in [-0.15, -0.1) is 0 Å². The van der Waals surface area contributed by atoms with Crippen LogP contribution in [0.2, 0.25) is 5.02 Å². The van der Waals surface area contributed by atoms with Crippen molar-refractivity contribution in [3.05, 3.63) is 28.8 Å². The van der Waals surface area contributed by atoms with E-state index in [0.29, 0.717) is 5.02 Å². The molecular weight excluding hydrogens is 302 g/mol. The predicted molar refractivity (Wildman–Crippen MR) is 82.7 cm³/mol. The number of hydrogen-bond acceptors (Lipinski definition) is 3.